The molecule has 0 bridgehead atoms. The molecule has 0 radical (unpaired) electrons. The van der Waals surface area contributed by atoms with E-state index >= 15 is 0 Å². The van der Waals surface area contributed by atoms with Crippen LogP contribution in [0.2, 0.25) is 5.02 Å². The van der Waals surface area contributed by atoms with Crippen molar-refractivity contribution < 1.29 is 22.7 Å². The molecule has 0 aliphatic heterocycles. The summed E-state index contributed by atoms with van der Waals surface area (Å²) in [7, 11) is -0.888. The van der Waals surface area contributed by atoms with Crippen LogP contribution in [0, 0.1) is 0 Å². The number of halogens is 1. The first-order valence-electron chi connectivity index (χ1n) is 10.6. The molecule has 0 aromatic heterocycles. The number of amides is 1. The molecular weight excluding hydrogens is 476 g/mol. The number of benzene rings is 3. The number of carbonyl (C=O) groups is 1. The van der Waals surface area contributed by atoms with E-state index in [0.717, 1.165) is 11.1 Å². The molecule has 0 saturated carbocycles. The Kier molecular flexibility index (Phi) is 8.55. The van der Waals surface area contributed by atoms with Crippen molar-refractivity contribution in [2.24, 2.45) is 0 Å². The predicted octanol–water partition coefficient (Wildman–Crippen LogP) is 4.12. The molecule has 7 nitrogen and oxygen atoms in total. The highest BCUT2D eigenvalue weighted by Crippen LogP contribution is 2.30. The van der Waals surface area contributed by atoms with Crippen LogP contribution in [0.15, 0.2) is 77.7 Å². The smallest absolute Gasteiger partial charge is 0.241 e. The summed E-state index contributed by atoms with van der Waals surface area (Å²) in [5.41, 5.74) is 1.60. The summed E-state index contributed by atoms with van der Waals surface area (Å²) in [6.45, 7) is 1.81. The third-order valence-electron chi connectivity index (χ3n) is 5.29. The SMILES string of the molecule is COc1ccc([C@@H](C)NC(=O)[C@@H](Cc2ccccc2)NS(=O)(=O)c2ccc(Cl)cc2)cc1OC. The number of rotatable bonds is 10. The Morgan fingerprint density at radius 1 is 0.941 bits per heavy atom. The minimum atomic E-state index is -3.97. The van der Waals surface area contributed by atoms with Gasteiger partial charge in [-0.15, -0.1) is 0 Å². The van der Waals surface area contributed by atoms with Crippen molar-refractivity contribution >= 4 is 27.5 Å². The van der Waals surface area contributed by atoms with Gasteiger partial charge in [0, 0.05) is 5.02 Å². The fourth-order valence-electron chi connectivity index (χ4n) is 3.43. The molecule has 2 atom stereocenters. The first kappa shape index (κ1) is 25.6. The lowest BCUT2D eigenvalue weighted by Crippen LogP contribution is -2.48. The number of ether oxygens (including phenoxy) is 2. The second-order valence-corrected chi connectivity index (χ2v) is 9.81. The second-order valence-electron chi connectivity index (χ2n) is 7.66. The van der Waals surface area contributed by atoms with E-state index in [1.54, 1.807) is 19.2 Å². The van der Waals surface area contributed by atoms with Gasteiger partial charge in [-0.3, -0.25) is 4.79 Å². The minimum absolute atomic E-state index is 0.0238. The molecule has 0 spiro atoms. The van der Waals surface area contributed by atoms with Gasteiger partial charge in [0.2, 0.25) is 15.9 Å². The van der Waals surface area contributed by atoms with Gasteiger partial charge in [-0.05, 0) is 60.9 Å². The molecule has 0 saturated heterocycles. The molecule has 2 N–H and O–H groups in total. The maximum absolute atomic E-state index is 13.3. The van der Waals surface area contributed by atoms with E-state index in [9.17, 15) is 13.2 Å². The highest BCUT2D eigenvalue weighted by atomic mass is 35.5. The lowest BCUT2D eigenvalue weighted by molar-refractivity contribution is -0.123. The second kappa shape index (κ2) is 11.4. The molecule has 9 heteroatoms. The van der Waals surface area contributed by atoms with Gasteiger partial charge in [0.25, 0.3) is 0 Å². The fraction of sp³-hybridized carbons (Fsp3) is 0.240. The molecular formula is C25H27ClN2O5S. The maximum atomic E-state index is 13.3. The Morgan fingerprint density at radius 3 is 2.21 bits per heavy atom. The van der Waals surface area contributed by atoms with E-state index in [1.807, 2.05) is 43.3 Å². The lowest BCUT2D eigenvalue weighted by atomic mass is 10.0. The van der Waals surface area contributed by atoms with Gasteiger partial charge < -0.3 is 14.8 Å². The molecule has 3 aromatic carbocycles. The van der Waals surface area contributed by atoms with E-state index in [0.29, 0.717) is 16.5 Å². The molecule has 0 heterocycles. The van der Waals surface area contributed by atoms with E-state index in [4.69, 9.17) is 21.1 Å². The highest BCUT2D eigenvalue weighted by molar-refractivity contribution is 7.89. The number of hydrogen-bond donors (Lipinski definition) is 2. The molecule has 180 valence electrons. The van der Waals surface area contributed by atoms with Gasteiger partial charge in [-0.1, -0.05) is 48.0 Å². The molecule has 0 fully saturated rings. The molecule has 0 aliphatic carbocycles. The average Bonchev–Trinajstić information content (AvgIpc) is 2.83. The van der Waals surface area contributed by atoms with Crippen LogP contribution < -0.4 is 19.5 Å². The summed E-state index contributed by atoms with van der Waals surface area (Å²) in [5.74, 6) is 0.650. The Morgan fingerprint density at radius 2 is 1.59 bits per heavy atom. The van der Waals surface area contributed by atoms with E-state index < -0.39 is 28.0 Å². The van der Waals surface area contributed by atoms with Gasteiger partial charge in [-0.25, -0.2) is 8.42 Å². The van der Waals surface area contributed by atoms with Crippen LogP contribution in [-0.2, 0) is 21.2 Å². The Bertz CT molecular complexity index is 1220. The van der Waals surface area contributed by atoms with Crippen LogP contribution in [0.3, 0.4) is 0 Å². The zero-order chi connectivity index (χ0) is 24.7. The normalized spacial score (nSPS) is 13.1. The molecule has 34 heavy (non-hydrogen) atoms. The summed E-state index contributed by atoms with van der Waals surface area (Å²) in [4.78, 5) is 13.3. The van der Waals surface area contributed by atoms with Gasteiger partial charge in [0.15, 0.2) is 11.5 Å². The number of sulfonamides is 1. The number of hydrogen-bond acceptors (Lipinski definition) is 5. The quantitative estimate of drug-likeness (QED) is 0.435. The Balaban J connectivity index is 1.83. The largest absolute Gasteiger partial charge is 0.493 e. The Labute approximate surface area is 205 Å². The van der Waals surface area contributed by atoms with Crippen molar-refractivity contribution in [3.63, 3.8) is 0 Å². The molecule has 0 unspecified atom stereocenters. The van der Waals surface area contributed by atoms with Gasteiger partial charge >= 0.3 is 0 Å². The van der Waals surface area contributed by atoms with Crippen LogP contribution in [0.4, 0.5) is 0 Å². The van der Waals surface area contributed by atoms with Gasteiger partial charge in [-0.2, -0.15) is 4.72 Å². The average molecular weight is 503 g/mol. The van der Waals surface area contributed by atoms with Crippen molar-refractivity contribution in [2.45, 2.75) is 30.3 Å². The highest BCUT2D eigenvalue weighted by Gasteiger charge is 2.27. The zero-order valence-corrected chi connectivity index (χ0v) is 20.7. The van der Waals surface area contributed by atoms with Crippen LogP contribution in [0.5, 0.6) is 11.5 Å². The lowest BCUT2D eigenvalue weighted by Gasteiger charge is -2.22. The van der Waals surface area contributed by atoms with Crippen molar-refractivity contribution in [1.82, 2.24) is 10.0 Å². The molecule has 0 aliphatic rings. The summed E-state index contributed by atoms with van der Waals surface area (Å²) in [6.07, 6.45) is 0.179. The minimum Gasteiger partial charge on any atom is -0.493 e. The summed E-state index contributed by atoms with van der Waals surface area (Å²) >= 11 is 5.89. The van der Waals surface area contributed by atoms with E-state index in [2.05, 4.69) is 10.0 Å². The van der Waals surface area contributed by atoms with Gasteiger partial charge in [0.1, 0.15) is 6.04 Å². The first-order chi connectivity index (χ1) is 16.2. The number of nitrogens with one attached hydrogen (secondary N) is 2. The van der Waals surface area contributed by atoms with Gasteiger partial charge in [0.05, 0.1) is 25.2 Å². The zero-order valence-electron chi connectivity index (χ0n) is 19.1. The van der Waals surface area contributed by atoms with Crippen LogP contribution >= 0.6 is 11.6 Å². The maximum Gasteiger partial charge on any atom is 0.241 e. The van der Waals surface area contributed by atoms with Crippen molar-refractivity contribution in [2.75, 3.05) is 14.2 Å². The topological polar surface area (TPSA) is 93.7 Å². The van der Waals surface area contributed by atoms with Crippen LogP contribution in [0.1, 0.15) is 24.1 Å². The Hall–Kier alpha value is -3.07. The van der Waals surface area contributed by atoms with E-state index in [-0.39, 0.29) is 11.3 Å². The standard InChI is InChI=1S/C25H27ClN2O5S/c1-17(19-9-14-23(32-2)24(16-19)33-3)27-25(29)22(15-18-7-5-4-6-8-18)28-34(30,31)21-12-10-20(26)11-13-21/h4-14,16-17,22,28H,15H2,1-3H3,(H,27,29)/t17-,22-/m1/s1. The third kappa shape index (κ3) is 6.50. The number of carbonyl (C=O) groups excluding carboxylic acids is 1. The molecule has 3 aromatic rings. The van der Waals surface area contributed by atoms with Crippen molar-refractivity contribution in [1.29, 1.82) is 0 Å². The molecule has 3 rings (SSSR count). The summed E-state index contributed by atoms with van der Waals surface area (Å²) in [6, 6.07) is 18.9. The van der Waals surface area contributed by atoms with Crippen molar-refractivity contribution in [3.8, 4) is 11.5 Å². The van der Waals surface area contributed by atoms with E-state index in [1.165, 1.54) is 31.4 Å². The molecule has 1 amide bonds. The predicted molar refractivity (Wildman–Crippen MR) is 132 cm³/mol. The fourth-order valence-corrected chi connectivity index (χ4v) is 4.75. The van der Waals surface area contributed by atoms with Crippen molar-refractivity contribution in [3.05, 3.63) is 88.9 Å². The van der Waals surface area contributed by atoms with Crippen LogP contribution in [-0.4, -0.2) is 34.6 Å². The summed E-state index contributed by atoms with van der Waals surface area (Å²) in [5, 5.41) is 3.32. The van der Waals surface area contributed by atoms with Crippen LogP contribution in [0.25, 0.3) is 0 Å². The third-order valence-corrected chi connectivity index (χ3v) is 7.03. The monoisotopic (exact) mass is 502 g/mol. The number of methoxy groups -OCH3 is 2. The first-order valence-corrected chi connectivity index (χ1v) is 12.4. The summed E-state index contributed by atoms with van der Waals surface area (Å²) < 4.78 is 39.1.